The van der Waals surface area contributed by atoms with Crippen molar-refractivity contribution in [1.29, 1.82) is 0 Å². The van der Waals surface area contributed by atoms with Crippen LogP contribution in [0.5, 0.6) is 0 Å². The van der Waals surface area contributed by atoms with Crippen LogP contribution in [0.4, 0.5) is 5.69 Å². The van der Waals surface area contributed by atoms with Crippen LogP contribution in [0.25, 0.3) is 0 Å². The van der Waals surface area contributed by atoms with Gasteiger partial charge in [-0.25, -0.2) is 17.9 Å². The van der Waals surface area contributed by atoms with E-state index in [1.165, 1.54) is 12.1 Å². The smallest absolute Gasteiger partial charge is 0.337 e. The lowest BCUT2D eigenvalue weighted by atomic mass is 10.2. The summed E-state index contributed by atoms with van der Waals surface area (Å²) in [6.07, 6.45) is 0.641. The van der Waals surface area contributed by atoms with Crippen molar-refractivity contribution < 1.29 is 23.1 Å². The summed E-state index contributed by atoms with van der Waals surface area (Å²) in [7, 11) is -3.75. The van der Waals surface area contributed by atoms with Crippen molar-refractivity contribution >= 4 is 21.7 Å². The molecule has 0 spiro atoms. The fourth-order valence-corrected chi connectivity index (χ4v) is 2.99. The summed E-state index contributed by atoms with van der Waals surface area (Å²) < 4.78 is 32.2. The highest BCUT2D eigenvalue weighted by molar-refractivity contribution is 7.89. The first-order chi connectivity index (χ1) is 10.8. The lowest BCUT2D eigenvalue weighted by molar-refractivity contribution is 0.0697. The van der Waals surface area contributed by atoms with Gasteiger partial charge in [0.2, 0.25) is 10.0 Å². The number of rotatable bonds is 10. The topological polar surface area (TPSA) is 105 Å². The van der Waals surface area contributed by atoms with E-state index >= 15 is 0 Å². The highest BCUT2D eigenvalue weighted by Gasteiger charge is 2.18. The molecule has 0 radical (unpaired) electrons. The summed E-state index contributed by atoms with van der Waals surface area (Å²) in [5.41, 5.74) is 0.321. The molecular weight excluding hydrogens is 320 g/mol. The van der Waals surface area contributed by atoms with Crippen molar-refractivity contribution in [1.82, 2.24) is 4.72 Å². The Morgan fingerprint density at radius 1 is 1.35 bits per heavy atom. The average Bonchev–Trinajstić information content (AvgIpc) is 2.46. The Hall–Kier alpha value is -1.64. The molecule has 0 bridgehead atoms. The maximum atomic E-state index is 12.2. The summed E-state index contributed by atoms with van der Waals surface area (Å²) in [6.45, 7) is 6.87. The van der Waals surface area contributed by atoms with Crippen LogP contribution in [0.2, 0.25) is 0 Å². The van der Waals surface area contributed by atoms with Crippen LogP contribution in [0.1, 0.15) is 37.6 Å². The van der Waals surface area contributed by atoms with Gasteiger partial charge in [0.25, 0.3) is 0 Å². The van der Waals surface area contributed by atoms with Gasteiger partial charge in [-0.1, -0.05) is 0 Å². The van der Waals surface area contributed by atoms with Crippen LogP contribution in [-0.2, 0) is 14.8 Å². The summed E-state index contributed by atoms with van der Waals surface area (Å²) >= 11 is 0. The summed E-state index contributed by atoms with van der Waals surface area (Å²) in [6, 6.07) is 4.01. The number of aromatic carboxylic acids is 1. The Labute approximate surface area is 137 Å². The number of carbonyl (C=O) groups is 1. The molecule has 1 rings (SSSR count). The molecular formula is C15H24N2O5S. The predicted octanol–water partition coefficient (Wildman–Crippen LogP) is 1.91. The third-order valence-corrected chi connectivity index (χ3v) is 4.42. The molecule has 8 heteroatoms. The van der Waals surface area contributed by atoms with Crippen LogP contribution in [0, 0.1) is 0 Å². The molecule has 0 aliphatic heterocycles. The van der Waals surface area contributed by atoms with Crippen molar-refractivity contribution in [3.8, 4) is 0 Å². The number of sulfonamides is 1. The first-order valence-electron chi connectivity index (χ1n) is 7.50. The molecule has 0 heterocycles. The third kappa shape index (κ3) is 6.17. The fourth-order valence-electron chi connectivity index (χ4n) is 1.89. The lowest BCUT2D eigenvalue weighted by Gasteiger charge is -2.12. The Balaban J connectivity index is 2.79. The minimum absolute atomic E-state index is 0.0682. The highest BCUT2D eigenvalue weighted by Crippen LogP contribution is 2.20. The molecule has 23 heavy (non-hydrogen) atoms. The van der Waals surface area contributed by atoms with E-state index in [0.717, 1.165) is 6.07 Å². The molecule has 7 nitrogen and oxygen atoms in total. The van der Waals surface area contributed by atoms with E-state index in [4.69, 9.17) is 4.74 Å². The molecule has 0 fully saturated rings. The molecule has 0 aliphatic carbocycles. The van der Waals surface area contributed by atoms with E-state index in [9.17, 15) is 18.3 Å². The number of hydrogen-bond acceptors (Lipinski definition) is 5. The first kappa shape index (κ1) is 19.4. The maximum Gasteiger partial charge on any atom is 0.337 e. The van der Waals surface area contributed by atoms with E-state index in [0.29, 0.717) is 25.3 Å². The number of hydrogen-bond donors (Lipinski definition) is 3. The molecule has 1 aromatic carbocycles. The van der Waals surface area contributed by atoms with Gasteiger partial charge in [0, 0.05) is 25.4 Å². The van der Waals surface area contributed by atoms with Crippen molar-refractivity contribution in [2.24, 2.45) is 0 Å². The number of benzene rings is 1. The standard InChI is InChI=1S/C15H24N2O5S/c1-4-16-14-7-6-12(10-13(14)15(18)19)23(20,21)17-8-5-9-22-11(2)3/h6-7,10-11,16-17H,4-5,8-9H2,1-3H3,(H,18,19). The zero-order valence-electron chi connectivity index (χ0n) is 13.6. The maximum absolute atomic E-state index is 12.2. The SMILES string of the molecule is CCNc1ccc(S(=O)(=O)NCCCOC(C)C)cc1C(=O)O. The van der Waals surface area contributed by atoms with Gasteiger partial charge >= 0.3 is 5.97 Å². The first-order valence-corrected chi connectivity index (χ1v) is 8.98. The van der Waals surface area contributed by atoms with Gasteiger partial charge in [0.15, 0.2) is 0 Å². The molecule has 130 valence electrons. The van der Waals surface area contributed by atoms with E-state index in [1.807, 2.05) is 20.8 Å². The second kappa shape index (κ2) is 8.85. The fraction of sp³-hybridized carbons (Fsp3) is 0.533. The van der Waals surface area contributed by atoms with Gasteiger partial charge < -0.3 is 15.2 Å². The normalized spacial score (nSPS) is 11.7. The number of carboxylic acids is 1. The van der Waals surface area contributed by atoms with Crippen LogP contribution in [0.3, 0.4) is 0 Å². The van der Waals surface area contributed by atoms with Crippen molar-refractivity contribution in [2.75, 3.05) is 25.0 Å². The van der Waals surface area contributed by atoms with Crippen molar-refractivity contribution in [2.45, 2.75) is 38.2 Å². The molecule has 0 aliphatic rings. The third-order valence-electron chi connectivity index (χ3n) is 2.96. The molecule has 0 unspecified atom stereocenters. The molecule has 0 amide bonds. The largest absolute Gasteiger partial charge is 0.478 e. The van der Waals surface area contributed by atoms with Gasteiger partial charge in [0.05, 0.1) is 16.6 Å². The Bertz CT molecular complexity index is 629. The van der Waals surface area contributed by atoms with Gasteiger partial charge in [-0.15, -0.1) is 0 Å². The van der Waals surface area contributed by atoms with E-state index in [1.54, 1.807) is 0 Å². The van der Waals surface area contributed by atoms with Gasteiger partial charge in [-0.3, -0.25) is 0 Å². The van der Waals surface area contributed by atoms with E-state index in [-0.39, 0.29) is 23.1 Å². The Morgan fingerprint density at radius 3 is 2.61 bits per heavy atom. The summed E-state index contributed by atoms with van der Waals surface area (Å²) in [5, 5.41) is 12.1. The van der Waals surface area contributed by atoms with Crippen LogP contribution in [0.15, 0.2) is 23.1 Å². The van der Waals surface area contributed by atoms with Crippen molar-refractivity contribution in [3.05, 3.63) is 23.8 Å². The van der Waals surface area contributed by atoms with Crippen LogP contribution < -0.4 is 10.0 Å². The second-order valence-electron chi connectivity index (χ2n) is 5.21. The number of ether oxygens (including phenoxy) is 1. The van der Waals surface area contributed by atoms with Crippen molar-refractivity contribution in [3.63, 3.8) is 0 Å². The quantitative estimate of drug-likeness (QED) is 0.560. The minimum Gasteiger partial charge on any atom is -0.478 e. The molecule has 0 aromatic heterocycles. The second-order valence-corrected chi connectivity index (χ2v) is 6.98. The summed E-state index contributed by atoms with van der Waals surface area (Å²) in [4.78, 5) is 11.2. The number of anilines is 1. The van der Waals surface area contributed by atoms with E-state index < -0.39 is 16.0 Å². The van der Waals surface area contributed by atoms with Gasteiger partial charge in [0.1, 0.15) is 0 Å². The molecule has 0 atom stereocenters. The highest BCUT2D eigenvalue weighted by atomic mass is 32.2. The Morgan fingerprint density at radius 2 is 2.04 bits per heavy atom. The molecule has 1 aromatic rings. The molecule has 0 saturated carbocycles. The van der Waals surface area contributed by atoms with E-state index in [2.05, 4.69) is 10.0 Å². The summed E-state index contributed by atoms with van der Waals surface area (Å²) in [5.74, 6) is -1.18. The average molecular weight is 344 g/mol. The van der Waals surface area contributed by atoms with Gasteiger partial charge in [-0.2, -0.15) is 0 Å². The predicted molar refractivity (Wildman–Crippen MR) is 88.5 cm³/mol. The molecule has 3 N–H and O–H groups in total. The monoisotopic (exact) mass is 344 g/mol. The minimum atomic E-state index is -3.75. The zero-order valence-corrected chi connectivity index (χ0v) is 14.4. The zero-order chi connectivity index (χ0) is 17.5. The number of nitrogens with one attached hydrogen (secondary N) is 2. The lowest BCUT2D eigenvalue weighted by Crippen LogP contribution is -2.26. The Kier molecular flexibility index (Phi) is 7.47. The van der Waals surface area contributed by atoms with Crippen LogP contribution in [-0.4, -0.2) is 45.3 Å². The molecule has 0 saturated heterocycles. The van der Waals surface area contributed by atoms with Crippen LogP contribution >= 0.6 is 0 Å². The number of carboxylic acid groups (broad SMARTS) is 1. The van der Waals surface area contributed by atoms with Gasteiger partial charge in [-0.05, 0) is 45.4 Å².